The van der Waals surface area contributed by atoms with E-state index in [1.54, 1.807) is 6.92 Å². The smallest absolute Gasteiger partial charge is 0.320 e. The lowest BCUT2D eigenvalue weighted by atomic mass is 10.1. The first kappa shape index (κ1) is 14.9. The van der Waals surface area contributed by atoms with Gasteiger partial charge in [-0.1, -0.05) is 0 Å². The van der Waals surface area contributed by atoms with E-state index in [0.717, 1.165) is 0 Å². The van der Waals surface area contributed by atoms with Crippen LogP contribution in [0.2, 0.25) is 0 Å². The molecular formula is C10H18O6. The van der Waals surface area contributed by atoms with E-state index in [0.29, 0.717) is 0 Å². The first-order valence-electron chi connectivity index (χ1n) is 4.86. The lowest BCUT2D eigenvalue weighted by Crippen LogP contribution is -2.28. The monoisotopic (exact) mass is 234 g/mol. The molecule has 0 saturated heterocycles. The Balaban J connectivity index is 4.12. The maximum absolute atomic E-state index is 11.2. The summed E-state index contributed by atoms with van der Waals surface area (Å²) in [4.78, 5) is 22.5. The SMILES string of the molecule is COC(=O)C(CCOC(C)OC)C(=O)OC. The zero-order chi connectivity index (χ0) is 12.6. The van der Waals surface area contributed by atoms with Crippen LogP contribution in [0.4, 0.5) is 0 Å². The second-order valence-corrected chi connectivity index (χ2v) is 3.06. The average molecular weight is 234 g/mol. The second-order valence-electron chi connectivity index (χ2n) is 3.06. The van der Waals surface area contributed by atoms with Crippen LogP contribution in [-0.2, 0) is 28.5 Å². The van der Waals surface area contributed by atoms with Crippen molar-refractivity contribution in [3.63, 3.8) is 0 Å². The fourth-order valence-electron chi connectivity index (χ4n) is 1.04. The molecule has 0 fully saturated rings. The third kappa shape index (κ3) is 5.09. The lowest BCUT2D eigenvalue weighted by Gasteiger charge is -2.14. The normalized spacial score (nSPS) is 12.3. The molecule has 1 unspecified atom stereocenters. The van der Waals surface area contributed by atoms with E-state index in [9.17, 15) is 9.59 Å². The maximum Gasteiger partial charge on any atom is 0.320 e. The summed E-state index contributed by atoms with van der Waals surface area (Å²) < 4.78 is 19.0. The molecule has 0 bridgehead atoms. The molecular weight excluding hydrogens is 216 g/mol. The summed E-state index contributed by atoms with van der Waals surface area (Å²) in [7, 11) is 3.94. The zero-order valence-corrected chi connectivity index (χ0v) is 10.0. The Morgan fingerprint density at radius 3 is 1.94 bits per heavy atom. The molecule has 0 heterocycles. The largest absolute Gasteiger partial charge is 0.468 e. The van der Waals surface area contributed by atoms with Crippen molar-refractivity contribution in [1.29, 1.82) is 0 Å². The summed E-state index contributed by atoms with van der Waals surface area (Å²) in [5.41, 5.74) is 0. The van der Waals surface area contributed by atoms with Gasteiger partial charge in [0, 0.05) is 7.11 Å². The van der Waals surface area contributed by atoms with Gasteiger partial charge in [0.25, 0.3) is 0 Å². The summed E-state index contributed by atoms with van der Waals surface area (Å²) >= 11 is 0. The first-order chi connectivity index (χ1) is 7.56. The topological polar surface area (TPSA) is 71.1 Å². The number of hydrogen-bond donors (Lipinski definition) is 0. The molecule has 0 rings (SSSR count). The molecule has 0 aliphatic rings. The number of carbonyl (C=O) groups excluding carboxylic acids is 2. The van der Waals surface area contributed by atoms with Crippen molar-refractivity contribution < 1.29 is 28.5 Å². The Morgan fingerprint density at radius 2 is 1.56 bits per heavy atom. The molecule has 94 valence electrons. The predicted octanol–water partition coefficient (Wildman–Crippen LogP) is 0.348. The number of methoxy groups -OCH3 is 3. The van der Waals surface area contributed by atoms with Gasteiger partial charge in [0.2, 0.25) is 0 Å². The van der Waals surface area contributed by atoms with E-state index < -0.39 is 17.9 Å². The van der Waals surface area contributed by atoms with Gasteiger partial charge in [-0.15, -0.1) is 0 Å². The van der Waals surface area contributed by atoms with Gasteiger partial charge < -0.3 is 18.9 Å². The van der Waals surface area contributed by atoms with Gasteiger partial charge in [-0.05, 0) is 13.3 Å². The molecule has 0 aliphatic heterocycles. The zero-order valence-electron chi connectivity index (χ0n) is 10.0. The Morgan fingerprint density at radius 1 is 1.06 bits per heavy atom. The summed E-state index contributed by atoms with van der Waals surface area (Å²) in [5, 5.41) is 0. The molecule has 0 radical (unpaired) electrons. The highest BCUT2D eigenvalue weighted by molar-refractivity contribution is 5.94. The summed E-state index contributed by atoms with van der Waals surface area (Å²) in [6.45, 7) is 1.93. The molecule has 0 saturated carbocycles. The van der Waals surface area contributed by atoms with Crippen molar-refractivity contribution in [2.24, 2.45) is 5.92 Å². The highest BCUT2D eigenvalue weighted by Gasteiger charge is 2.28. The van der Waals surface area contributed by atoms with E-state index in [2.05, 4.69) is 9.47 Å². The van der Waals surface area contributed by atoms with E-state index in [-0.39, 0.29) is 19.3 Å². The van der Waals surface area contributed by atoms with Crippen LogP contribution in [0.25, 0.3) is 0 Å². The molecule has 6 heteroatoms. The van der Waals surface area contributed by atoms with Gasteiger partial charge in [0.15, 0.2) is 12.2 Å². The fourth-order valence-corrected chi connectivity index (χ4v) is 1.04. The standard InChI is InChI=1S/C10H18O6/c1-7(13-2)16-6-5-8(9(11)14-3)10(12)15-4/h7-8H,5-6H2,1-4H3. The molecule has 6 nitrogen and oxygen atoms in total. The first-order valence-corrected chi connectivity index (χ1v) is 4.86. The number of rotatable bonds is 7. The van der Waals surface area contributed by atoms with Crippen LogP contribution < -0.4 is 0 Å². The van der Waals surface area contributed by atoms with Gasteiger partial charge in [0.1, 0.15) is 0 Å². The van der Waals surface area contributed by atoms with Gasteiger partial charge in [-0.2, -0.15) is 0 Å². The van der Waals surface area contributed by atoms with Crippen molar-refractivity contribution >= 4 is 11.9 Å². The maximum atomic E-state index is 11.2. The highest BCUT2D eigenvalue weighted by Crippen LogP contribution is 2.09. The van der Waals surface area contributed by atoms with Crippen molar-refractivity contribution in [2.75, 3.05) is 27.9 Å². The second kappa shape index (κ2) is 8.06. The lowest BCUT2D eigenvalue weighted by molar-refractivity contribution is -0.162. The molecule has 0 aromatic carbocycles. The average Bonchev–Trinajstić information content (AvgIpc) is 2.32. The number of ether oxygens (including phenoxy) is 4. The Bertz CT molecular complexity index is 211. The van der Waals surface area contributed by atoms with Crippen LogP contribution >= 0.6 is 0 Å². The summed E-state index contributed by atoms with van der Waals surface area (Å²) in [6.07, 6.45) is -0.177. The van der Waals surface area contributed by atoms with Crippen molar-refractivity contribution in [2.45, 2.75) is 19.6 Å². The minimum absolute atomic E-state index is 0.201. The molecule has 1 atom stereocenters. The van der Waals surface area contributed by atoms with Crippen LogP contribution in [0.1, 0.15) is 13.3 Å². The molecule has 0 aromatic heterocycles. The van der Waals surface area contributed by atoms with Crippen LogP contribution in [0.3, 0.4) is 0 Å². The van der Waals surface area contributed by atoms with Crippen LogP contribution in [0, 0.1) is 5.92 Å². The molecule has 0 aromatic rings. The third-order valence-corrected chi connectivity index (χ3v) is 2.06. The minimum atomic E-state index is -0.945. The van der Waals surface area contributed by atoms with Crippen molar-refractivity contribution in [3.8, 4) is 0 Å². The van der Waals surface area contributed by atoms with Gasteiger partial charge in [-0.25, -0.2) is 0 Å². The molecule has 0 amide bonds. The number of esters is 2. The van der Waals surface area contributed by atoms with Crippen molar-refractivity contribution in [3.05, 3.63) is 0 Å². The van der Waals surface area contributed by atoms with Crippen LogP contribution in [0.15, 0.2) is 0 Å². The fraction of sp³-hybridized carbons (Fsp3) is 0.800. The molecule has 0 aliphatic carbocycles. The Hall–Kier alpha value is -1.14. The molecule has 0 N–H and O–H groups in total. The van der Waals surface area contributed by atoms with E-state index in [4.69, 9.17) is 9.47 Å². The van der Waals surface area contributed by atoms with Crippen LogP contribution in [0.5, 0.6) is 0 Å². The summed E-state index contributed by atoms with van der Waals surface area (Å²) in [6, 6.07) is 0. The van der Waals surface area contributed by atoms with Gasteiger partial charge >= 0.3 is 11.9 Å². The number of carbonyl (C=O) groups is 2. The molecule has 16 heavy (non-hydrogen) atoms. The van der Waals surface area contributed by atoms with Gasteiger partial charge in [-0.3, -0.25) is 9.59 Å². The quantitative estimate of drug-likeness (QED) is 0.359. The van der Waals surface area contributed by atoms with Gasteiger partial charge in [0.05, 0.1) is 20.8 Å². The highest BCUT2D eigenvalue weighted by atomic mass is 16.7. The predicted molar refractivity (Wildman–Crippen MR) is 54.6 cm³/mol. The van der Waals surface area contributed by atoms with E-state index in [1.807, 2.05) is 0 Å². The Labute approximate surface area is 94.8 Å². The number of hydrogen-bond acceptors (Lipinski definition) is 6. The van der Waals surface area contributed by atoms with Crippen LogP contribution in [-0.4, -0.2) is 46.2 Å². The Kier molecular flexibility index (Phi) is 7.49. The van der Waals surface area contributed by atoms with Crippen molar-refractivity contribution in [1.82, 2.24) is 0 Å². The minimum Gasteiger partial charge on any atom is -0.468 e. The van der Waals surface area contributed by atoms with E-state index in [1.165, 1.54) is 21.3 Å². The third-order valence-electron chi connectivity index (χ3n) is 2.06. The van der Waals surface area contributed by atoms with E-state index >= 15 is 0 Å². The summed E-state index contributed by atoms with van der Waals surface area (Å²) in [5.74, 6) is -2.19. The molecule has 0 spiro atoms.